The van der Waals surface area contributed by atoms with Crippen molar-refractivity contribution < 1.29 is 46.5 Å². The van der Waals surface area contributed by atoms with Crippen LogP contribution in [0.25, 0.3) is 10.4 Å². The van der Waals surface area contributed by atoms with Gasteiger partial charge in [0, 0.05) is 32.5 Å². The van der Waals surface area contributed by atoms with Crippen LogP contribution < -0.4 is 26.4 Å². The molecule has 0 radical (unpaired) electrons. The quantitative estimate of drug-likeness (QED) is 0.0248. The summed E-state index contributed by atoms with van der Waals surface area (Å²) < 4.78 is 48.6. The van der Waals surface area contributed by atoms with Crippen molar-refractivity contribution in [2.75, 3.05) is 71.7 Å². The van der Waals surface area contributed by atoms with Gasteiger partial charge >= 0.3 is 6.03 Å². The fourth-order valence-corrected chi connectivity index (χ4v) is 7.70. The lowest BCUT2D eigenvalue weighted by molar-refractivity contribution is -0.133. The predicted octanol–water partition coefficient (Wildman–Crippen LogP) is 0.612. The molecular weight excluding hydrogens is 656 g/mol. The highest BCUT2D eigenvalue weighted by atomic mass is 32.2. The van der Waals surface area contributed by atoms with E-state index in [9.17, 15) is 27.6 Å². The Morgan fingerprint density at radius 3 is 1.94 bits per heavy atom. The molecular formula is C27H54N8O10SSi. The lowest BCUT2D eigenvalue weighted by atomic mass is 10.0. The van der Waals surface area contributed by atoms with E-state index in [0.717, 1.165) is 0 Å². The largest absolute Gasteiger partial charge is 0.379 e. The highest BCUT2D eigenvalue weighted by Gasteiger charge is 2.30. The second kappa shape index (κ2) is 25.1. The van der Waals surface area contributed by atoms with Crippen LogP contribution in [0.2, 0.25) is 25.7 Å². The maximum absolute atomic E-state index is 13.2. The first-order valence-electron chi connectivity index (χ1n) is 15.6. The van der Waals surface area contributed by atoms with Crippen LogP contribution in [0, 0.1) is 5.92 Å². The number of hydrogen-bond donors (Lipinski definition) is 5. The summed E-state index contributed by atoms with van der Waals surface area (Å²) in [5.74, 6) is -2.59. The number of carbonyl (C=O) groups excluding carboxylic acids is 4. The third-order valence-corrected chi connectivity index (χ3v) is 9.60. The molecule has 20 heteroatoms. The van der Waals surface area contributed by atoms with Crippen molar-refractivity contribution >= 4 is 41.8 Å². The van der Waals surface area contributed by atoms with Crippen LogP contribution in [0.15, 0.2) is 5.11 Å². The van der Waals surface area contributed by atoms with Gasteiger partial charge in [-0.25, -0.2) is 13.2 Å². The number of amides is 5. The number of nitrogens with two attached hydrogens (primary N) is 1. The van der Waals surface area contributed by atoms with Crippen molar-refractivity contribution in [3.63, 3.8) is 0 Å². The summed E-state index contributed by atoms with van der Waals surface area (Å²) in [7, 11) is -5.65. The lowest BCUT2D eigenvalue weighted by Crippen LogP contribution is -2.56. The molecule has 0 heterocycles. The van der Waals surface area contributed by atoms with E-state index in [2.05, 4.69) is 30.7 Å². The maximum atomic E-state index is 13.2. The summed E-state index contributed by atoms with van der Waals surface area (Å²) >= 11 is 0. The van der Waals surface area contributed by atoms with Crippen LogP contribution >= 0.6 is 0 Å². The summed E-state index contributed by atoms with van der Waals surface area (Å²) in [6, 6.07) is -2.56. The Balaban J connectivity index is 4.72. The molecule has 0 aliphatic rings. The summed E-state index contributed by atoms with van der Waals surface area (Å²) in [5, 5.41) is 10.9. The Bertz CT molecular complexity index is 1100. The van der Waals surface area contributed by atoms with Crippen LogP contribution in [0.3, 0.4) is 0 Å². The van der Waals surface area contributed by atoms with Gasteiger partial charge in [-0.3, -0.25) is 19.1 Å². The lowest BCUT2D eigenvalue weighted by Gasteiger charge is -2.25. The number of nitrogens with zero attached hydrogens (tertiary/aromatic N) is 3. The number of rotatable bonds is 28. The number of hydrogen-bond acceptors (Lipinski definition) is 11. The molecule has 0 spiro atoms. The van der Waals surface area contributed by atoms with Crippen LogP contribution in [-0.4, -0.2) is 124 Å². The van der Waals surface area contributed by atoms with Crippen molar-refractivity contribution in [1.82, 2.24) is 20.7 Å². The zero-order valence-electron chi connectivity index (χ0n) is 28.2. The number of sulfonamides is 1. The van der Waals surface area contributed by atoms with E-state index in [1.165, 1.54) is 0 Å². The maximum Gasteiger partial charge on any atom is 0.312 e. The van der Waals surface area contributed by atoms with Gasteiger partial charge in [0.05, 0.1) is 58.6 Å². The number of nitrogens with one attached hydrogen (secondary N) is 4. The average molecular weight is 711 g/mol. The van der Waals surface area contributed by atoms with Crippen molar-refractivity contribution in [2.45, 2.75) is 70.9 Å². The minimum Gasteiger partial charge on any atom is -0.379 e. The Morgan fingerprint density at radius 1 is 0.872 bits per heavy atom. The zero-order chi connectivity index (χ0) is 35.7. The summed E-state index contributed by atoms with van der Waals surface area (Å²) in [6.07, 6.45) is 0.202. The normalized spacial score (nSPS) is 12.9. The van der Waals surface area contributed by atoms with E-state index in [-0.39, 0.29) is 63.8 Å². The Kier molecular flexibility index (Phi) is 23.5. The average Bonchev–Trinajstić information content (AvgIpc) is 2.97. The van der Waals surface area contributed by atoms with Gasteiger partial charge in [-0.2, -0.15) is 0 Å². The molecule has 0 aromatic heterocycles. The minimum absolute atomic E-state index is 0.0107. The summed E-state index contributed by atoms with van der Waals surface area (Å²) in [6.45, 7) is 12.3. The molecule has 272 valence electrons. The second-order valence-corrected chi connectivity index (χ2v) is 19.5. The SMILES string of the molecule is CC(C)[C@H](NC(=O)CCOCCOCCOCCOCCN=[N+]=[N-])C(=O)NC(CCCNC(N)=O)C(=O)NS(=O)(=O)CC[Si](C)(C)C. The van der Waals surface area contributed by atoms with Gasteiger partial charge < -0.3 is 40.6 Å². The Hall–Kier alpha value is -3.00. The summed E-state index contributed by atoms with van der Waals surface area (Å²) in [5.41, 5.74) is 13.2. The molecule has 47 heavy (non-hydrogen) atoms. The molecule has 0 aromatic rings. The van der Waals surface area contributed by atoms with Gasteiger partial charge in [0.1, 0.15) is 12.1 Å². The monoisotopic (exact) mass is 710 g/mol. The molecule has 2 atom stereocenters. The standard InChI is InChI=1S/C27H54N8O10SSi/c1-21(2)24(33-23(36)8-11-42-13-15-44-17-18-45-16-14-43-12-10-31-35-29)26(38)32-22(7-6-9-30-27(28)39)25(37)34-46(40,41)19-20-47(3,4)5/h21-22,24H,6-20H2,1-5H3,(H,32,38)(H,33,36)(H,34,37)(H3,28,30,39)/t22?,24-/m0/s1. The molecule has 5 amide bonds. The minimum atomic E-state index is -3.94. The summed E-state index contributed by atoms with van der Waals surface area (Å²) in [4.78, 5) is 52.4. The van der Waals surface area contributed by atoms with Crippen LogP contribution in [-0.2, 0) is 43.4 Å². The molecule has 18 nitrogen and oxygen atoms in total. The number of primary amides is 1. The van der Waals surface area contributed by atoms with E-state index in [1.807, 2.05) is 19.6 Å². The number of carbonyl (C=O) groups is 4. The van der Waals surface area contributed by atoms with Gasteiger partial charge in [-0.05, 0) is 30.3 Å². The molecule has 0 saturated heterocycles. The highest BCUT2D eigenvalue weighted by Crippen LogP contribution is 2.10. The van der Waals surface area contributed by atoms with Crippen LogP contribution in [0.4, 0.5) is 4.79 Å². The first-order valence-corrected chi connectivity index (χ1v) is 20.9. The zero-order valence-corrected chi connectivity index (χ0v) is 30.1. The predicted molar refractivity (Wildman–Crippen MR) is 178 cm³/mol. The molecule has 0 aliphatic carbocycles. The number of ether oxygens (including phenoxy) is 4. The molecule has 0 aromatic carbocycles. The van der Waals surface area contributed by atoms with Crippen molar-refractivity contribution in [1.29, 1.82) is 0 Å². The third kappa shape index (κ3) is 25.7. The van der Waals surface area contributed by atoms with Gasteiger partial charge in [-0.1, -0.05) is 38.6 Å². The molecule has 6 N–H and O–H groups in total. The van der Waals surface area contributed by atoms with E-state index >= 15 is 0 Å². The molecule has 0 rings (SSSR count). The van der Waals surface area contributed by atoms with Crippen molar-refractivity contribution in [3.05, 3.63) is 10.4 Å². The number of azide groups is 1. The third-order valence-electron chi connectivity index (χ3n) is 6.23. The first kappa shape index (κ1) is 44.0. The first-order chi connectivity index (χ1) is 22.1. The Labute approximate surface area is 278 Å². The Morgan fingerprint density at radius 2 is 1.43 bits per heavy atom. The van der Waals surface area contributed by atoms with E-state index in [4.69, 9.17) is 30.2 Å². The van der Waals surface area contributed by atoms with Gasteiger partial charge in [0.15, 0.2) is 0 Å². The van der Waals surface area contributed by atoms with E-state index < -0.39 is 53.9 Å². The van der Waals surface area contributed by atoms with Gasteiger partial charge in [0.25, 0.3) is 5.91 Å². The van der Waals surface area contributed by atoms with E-state index in [1.54, 1.807) is 13.8 Å². The molecule has 0 fully saturated rings. The van der Waals surface area contributed by atoms with Gasteiger partial charge in [-0.15, -0.1) is 0 Å². The van der Waals surface area contributed by atoms with Crippen molar-refractivity contribution in [3.8, 4) is 0 Å². The van der Waals surface area contributed by atoms with E-state index in [0.29, 0.717) is 39.1 Å². The highest BCUT2D eigenvalue weighted by molar-refractivity contribution is 7.90. The van der Waals surface area contributed by atoms with Crippen LogP contribution in [0.1, 0.15) is 33.1 Å². The van der Waals surface area contributed by atoms with Gasteiger partial charge in [0.2, 0.25) is 21.8 Å². The topological polar surface area (TPSA) is 262 Å². The molecule has 0 bridgehead atoms. The smallest absolute Gasteiger partial charge is 0.312 e. The fraction of sp³-hybridized carbons (Fsp3) is 0.852. The fourth-order valence-electron chi connectivity index (χ4n) is 3.62. The second-order valence-electron chi connectivity index (χ2n) is 12.0. The molecule has 0 aliphatic heterocycles. The molecule has 1 unspecified atom stereocenters. The van der Waals surface area contributed by atoms with Crippen LogP contribution in [0.5, 0.6) is 0 Å². The van der Waals surface area contributed by atoms with Crippen molar-refractivity contribution in [2.24, 2.45) is 16.8 Å². The molecule has 0 saturated carbocycles. The number of urea groups is 1.